The number of benzene rings is 2. The summed E-state index contributed by atoms with van der Waals surface area (Å²) in [6.45, 7) is 4.53. The molecule has 1 aliphatic carbocycles. The predicted molar refractivity (Wildman–Crippen MR) is 73.8 cm³/mol. The van der Waals surface area contributed by atoms with Crippen LogP contribution in [0.2, 0.25) is 13.1 Å². The van der Waals surface area contributed by atoms with Crippen molar-refractivity contribution in [1.29, 1.82) is 0 Å². The fourth-order valence-corrected chi connectivity index (χ4v) is 2.00. The zero-order chi connectivity index (χ0) is 11.4. The van der Waals surface area contributed by atoms with Gasteiger partial charge in [-0.1, -0.05) is 48.5 Å². The van der Waals surface area contributed by atoms with Gasteiger partial charge in [-0.15, -0.1) is 5.56 Å². The van der Waals surface area contributed by atoms with Crippen LogP contribution in [0, 0.1) is 6.07 Å². The van der Waals surface area contributed by atoms with Crippen LogP contribution in [0.25, 0.3) is 11.1 Å². The first-order valence-corrected chi connectivity index (χ1v) is 8.77. The van der Waals surface area contributed by atoms with Crippen LogP contribution >= 0.6 is 0 Å². The average molecular weight is 344 g/mol. The minimum absolute atomic E-state index is 0. The van der Waals surface area contributed by atoms with Crippen LogP contribution in [0.3, 0.4) is 0 Å². The van der Waals surface area contributed by atoms with E-state index < -0.39 is 0 Å². The topological polar surface area (TPSA) is 0 Å². The van der Waals surface area contributed by atoms with Crippen molar-refractivity contribution in [3.63, 3.8) is 0 Å². The molecule has 0 saturated carbocycles. The molecule has 0 bridgehead atoms. The van der Waals surface area contributed by atoms with Gasteiger partial charge in [0.05, 0.1) is 0 Å². The van der Waals surface area contributed by atoms with Crippen molar-refractivity contribution in [2.24, 2.45) is 0 Å². The van der Waals surface area contributed by atoms with Crippen molar-refractivity contribution in [2.75, 3.05) is 0 Å². The monoisotopic (exact) mass is 343 g/mol. The van der Waals surface area contributed by atoms with Gasteiger partial charge in [0.15, 0.2) is 0 Å². The normalized spacial score (nSPS) is 9.37. The summed E-state index contributed by atoms with van der Waals surface area (Å²) in [7, 11) is 0.417. The summed E-state index contributed by atoms with van der Waals surface area (Å²) in [5.74, 6) is 0. The SMILES string of the molecule is C[SiH2]C.[Cl-].[Cl-].[Ti+3].[c-]1cccc2c1Cc1ccccc1-2. The molecular formula is C15H17Cl2SiTi. The van der Waals surface area contributed by atoms with E-state index in [2.05, 4.69) is 55.6 Å². The van der Waals surface area contributed by atoms with Crippen LogP contribution in [0.15, 0.2) is 42.5 Å². The Hall–Kier alpha value is -0.0488. The first-order valence-electron chi connectivity index (χ1n) is 5.94. The third kappa shape index (κ3) is 5.09. The Morgan fingerprint density at radius 1 is 0.947 bits per heavy atom. The molecule has 0 heterocycles. The number of hydrogen-bond donors (Lipinski definition) is 0. The molecule has 1 radical (unpaired) electrons. The van der Waals surface area contributed by atoms with Gasteiger partial charge in [0, 0.05) is 9.52 Å². The Kier molecular flexibility index (Phi) is 12.0. The molecule has 0 aliphatic heterocycles. The Bertz CT molecular complexity index is 446. The standard InChI is InChI=1S/C13H9.C2H8Si.2ClH.Ti/c1-3-7-12-10(5-1)9-11-6-2-4-8-13(11)12;1-3-2;;;/h1-5,7-8H,9H2;3H2,1-2H3;2*1H;/q-1;;;;+3/p-2. The van der Waals surface area contributed by atoms with E-state index in [9.17, 15) is 0 Å². The van der Waals surface area contributed by atoms with Crippen molar-refractivity contribution < 1.29 is 46.5 Å². The quantitative estimate of drug-likeness (QED) is 0.308. The van der Waals surface area contributed by atoms with Crippen molar-refractivity contribution in [3.05, 3.63) is 59.7 Å². The van der Waals surface area contributed by atoms with Crippen LogP contribution in [-0.2, 0) is 28.1 Å². The summed E-state index contributed by atoms with van der Waals surface area (Å²) in [6, 6.07) is 18.1. The summed E-state index contributed by atoms with van der Waals surface area (Å²) in [5.41, 5.74) is 5.51. The Balaban J connectivity index is 0. The molecule has 4 heteroatoms. The molecule has 0 amide bonds. The van der Waals surface area contributed by atoms with Crippen LogP contribution in [0.4, 0.5) is 0 Å². The fraction of sp³-hybridized carbons (Fsp3) is 0.200. The van der Waals surface area contributed by atoms with Gasteiger partial charge in [0.2, 0.25) is 0 Å². The van der Waals surface area contributed by atoms with Gasteiger partial charge < -0.3 is 24.8 Å². The molecule has 0 nitrogen and oxygen atoms in total. The van der Waals surface area contributed by atoms with Crippen molar-refractivity contribution in [1.82, 2.24) is 0 Å². The van der Waals surface area contributed by atoms with E-state index in [4.69, 9.17) is 0 Å². The predicted octanol–water partition coefficient (Wildman–Crippen LogP) is -2.69. The average Bonchev–Trinajstić information content (AvgIpc) is 2.68. The van der Waals surface area contributed by atoms with E-state index in [0.717, 1.165) is 6.42 Å². The maximum atomic E-state index is 3.30. The molecule has 0 unspecified atom stereocenters. The minimum Gasteiger partial charge on any atom is -1.00 e. The summed E-state index contributed by atoms with van der Waals surface area (Å²) in [4.78, 5) is 0. The first-order chi connectivity index (χ1) is 7.86. The summed E-state index contributed by atoms with van der Waals surface area (Å²) in [6.07, 6.45) is 1.05. The Morgan fingerprint density at radius 3 is 2.21 bits per heavy atom. The van der Waals surface area contributed by atoms with Gasteiger partial charge in [-0.05, 0) is 6.42 Å². The number of fused-ring (bicyclic) bond motifs is 3. The second kappa shape index (κ2) is 10.7. The first kappa shape index (κ1) is 21.3. The molecule has 0 fully saturated rings. The van der Waals surface area contributed by atoms with Gasteiger partial charge in [-0.2, -0.15) is 29.8 Å². The number of halogens is 2. The second-order valence-corrected chi connectivity index (χ2v) is 5.52. The number of rotatable bonds is 0. The van der Waals surface area contributed by atoms with Crippen LogP contribution in [0.1, 0.15) is 11.1 Å². The van der Waals surface area contributed by atoms with Crippen molar-refractivity contribution in [3.8, 4) is 11.1 Å². The molecule has 2 aromatic carbocycles. The van der Waals surface area contributed by atoms with Gasteiger partial charge in [-0.25, -0.2) is 0 Å². The largest absolute Gasteiger partial charge is 3.00 e. The zero-order valence-corrected chi connectivity index (χ0v) is 15.7. The van der Waals surface area contributed by atoms with E-state index in [0.29, 0.717) is 9.52 Å². The fourth-order valence-electron chi connectivity index (χ4n) is 2.00. The Labute approximate surface area is 145 Å². The third-order valence-corrected chi connectivity index (χ3v) is 2.62. The van der Waals surface area contributed by atoms with Crippen LogP contribution < -0.4 is 24.8 Å². The van der Waals surface area contributed by atoms with Gasteiger partial charge in [0.25, 0.3) is 0 Å². The summed E-state index contributed by atoms with van der Waals surface area (Å²) in [5, 5.41) is 0. The smallest absolute Gasteiger partial charge is 1.00 e. The van der Waals surface area contributed by atoms with E-state index >= 15 is 0 Å². The van der Waals surface area contributed by atoms with Gasteiger partial charge >= 0.3 is 21.7 Å². The molecule has 0 N–H and O–H groups in total. The van der Waals surface area contributed by atoms with Crippen LogP contribution in [0.5, 0.6) is 0 Å². The van der Waals surface area contributed by atoms with Crippen molar-refractivity contribution in [2.45, 2.75) is 19.5 Å². The second-order valence-electron chi connectivity index (χ2n) is 4.10. The molecule has 0 atom stereocenters. The van der Waals surface area contributed by atoms with E-state index in [1.54, 1.807) is 0 Å². The molecular weight excluding hydrogens is 327 g/mol. The third-order valence-electron chi connectivity index (χ3n) is 2.62. The van der Waals surface area contributed by atoms with Gasteiger partial charge in [-0.3, -0.25) is 0 Å². The zero-order valence-electron chi connectivity index (χ0n) is 11.2. The van der Waals surface area contributed by atoms with E-state index in [1.807, 2.05) is 6.07 Å². The summed E-state index contributed by atoms with van der Waals surface area (Å²) < 4.78 is 0. The minimum atomic E-state index is 0. The van der Waals surface area contributed by atoms with E-state index in [1.165, 1.54) is 22.3 Å². The summed E-state index contributed by atoms with van der Waals surface area (Å²) >= 11 is 0. The Morgan fingerprint density at radius 2 is 1.53 bits per heavy atom. The maximum Gasteiger partial charge on any atom is 3.00 e. The molecule has 99 valence electrons. The maximum absolute atomic E-state index is 3.30. The molecule has 1 aliphatic rings. The van der Waals surface area contributed by atoms with Crippen LogP contribution in [-0.4, -0.2) is 9.52 Å². The molecule has 0 saturated heterocycles. The molecule has 3 rings (SSSR count). The number of hydrogen-bond acceptors (Lipinski definition) is 0. The molecule has 2 aromatic rings. The molecule has 19 heavy (non-hydrogen) atoms. The van der Waals surface area contributed by atoms with Gasteiger partial charge in [0.1, 0.15) is 0 Å². The molecule has 0 aromatic heterocycles. The molecule has 0 spiro atoms. The van der Waals surface area contributed by atoms with Crippen molar-refractivity contribution >= 4 is 9.52 Å². The van der Waals surface area contributed by atoms with E-state index in [-0.39, 0.29) is 46.5 Å².